The van der Waals surface area contributed by atoms with Crippen molar-refractivity contribution in [2.24, 2.45) is 0 Å². The molecule has 0 radical (unpaired) electrons. The zero-order chi connectivity index (χ0) is 23.0. The second kappa shape index (κ2) is 12.4. The van der Waals surface area contributed by atoms with Gasteiger partial charge in [-0.2, -0.15) is 0 Å². The van der Waals surface area contributed by atoms with Gasteiger partial charge in [-0.25, -0.2) is 0 Å². The summed E-state index contributed by atoms with van der Waals surface area (Å²) < 4.78 is 0. The Labute approximate surface area is 199 Å². The van der Waals surface area contributed by atoms with Gasteiger partial charge in [0.25, 0.3) is 0 Å². The molecule has 1 N–H and O–H groups in total. The van der Waals surface area contributed by atoms with Crippen LogP contribution in [0.5, 0.6) is 0 Å². The zero-order valence-electron chi connectivity index (χ0n) is 18.5. The number of thioether (sulfide) groups is 1. The Morgan fingerprint density at radius 2 is 1.77 bits per heavy atom. The molecule has 2 aromatic carbocycles. The molecule has 0 aliphatic carbocycles. The van der Waals surface area contributed by atoms with Gasteiger partial charge in [0.2, 0.25) is 11.8 Å². The molecule has 0 saturated heterocycles. The largest absolute Gasteiger partial charge is 0.352 e. The van der Waals surface area contributed by atoms with E-state index in [9.17, 15) is 9.59 Å². The average molecular weight is 481 g/mol. The normalized spacial score (nSPS) is 12.8. The van der Waals surface area contributed by atoms with Crippen molar-refractivity contribution in [3.05, 3.63) is 69.2 Å². The van der Waals surface area contributed by atoms with Gasteiger partial charge in [-0.1, -0.05) is 66.0 Å². The van der Waals surface area contributed by atoms with Crippen LogP contribution in [0.1, 0.15) is 43.9 Å². The van der Waals surface area contributed by atoms with E-state index in [0.29, 0.717) is 22.3 Å². The van der Waals surface area contributed by atoms with Gasteiger partial charge in [0.1, 0.15) is 6.04 Å². The van der Waals surface area contributed by atoms with Crippen LogP contribution >= 0.6 is 35.0 Å². The predicted molar refractivity (Wildman–Crippen MR) is 132 cm³/mol. The standard InChI is InChI=1S/C24H30Cl2N2O2S/c1-5-17(3)27-24(30)18(4)28(13-19-8-6-16(2)7-9-19)23(29)15-31-14-20-10-11-21(25)12-22(20)26/h6-12,17-18H,5,13-15H2,1-4H3,(H,27,30)/t17-,18-/m0/s1. The van der Waals surface area contributed by atoms with E-state index in [1.807, 2.05) is 51.1 Å². The summed E-state index contributed by atoms with van der Waals surface area (Å²) in [6.07, 6.45) is 0.835. The molecular weight excluding hydrogens is 451 g/mol. The fourth-order valence-corrected chi connectivity index (χ4v) is 4.38. The second-order valence-electron chi connectivity index (χ2n) is 7.73. The summed E-state index contributed by atoms with van der Waals surface area (Å²) in [6, 6.07) is 12.9. The van der Waals surface area contributed by atoms with Gasteiger partial charge in [-0.15, -0.1) is 11.8 Å². The Kier molecular flexibility index (Phi) is 10.2. The molecule has 0 fully saturated rings. The monoisotopic (exact) mass is 480 g/mol. The van der Waals surface area contributed by atoms with Crippen molar-refractivity contribution < 1.29 is 9.59 Å². The van der Waals surface area contributed by atoms with E-state index >= 15 is 0 Å². The highest BCUT2D eigenvalue weighted by atomic mass is 35.5. The highest BCUT2D eigenvalue weighted by Crippen LogP contribution is 2.25. The lowest BCUT2D eigenvalue weighted by atomic mass is 10.1. The SMILES string of the molecule is CC[C@H](C)NC(=O)[C@H](C)N(Cc1ccc(C)cc1)C(=O)CSCc1ccc(Cl)cc1Cl. The Morgan fingerprint density at radius 1 is 1.10 bits per heavy atom. The first kappa shape index (κ1) is 25.6. The number of amides is 2. The van der Waals surface area contributed by atoms with Crippen LogP contribution in [-0.2, 0) is 21.9 Å². The first-order chi connectivity index (χ1) is 14.7. The molecule has 4 nitrogen and oxygen atoms in total. The lowest BCUT2D eigenvalue weighted by Crippen LogP contribution is -2.50. The summed E-state index contributed by atoms with van der Waals surface area (Å²) in [5.41, 5.74) is 3.07. The van der Waals surface area contributed by atoms with Crippen molar-refractivity contribution in [1.82, 2.24) is 10.2 Å². The quantitative estimate of drug-likeness (QED) is 0.462. The Balaban J connectivity index is 2.08. The van der Waals surface area contributed by atoms with Gasteiger partial charge < -0.3 is 10.2 Å². The van der Waals surface area contributed by atoms with Gasteiger partial charge in [0, 0.05) is 28.4 Å². The van der Waals surface area contributed by atoms with Crippen LogP contribution in [-0.4, -0.2) is 34.6 Å². The predicted octanol–water partition coefficient (Wildman–Crippen LogP) is 5.87. The molecule has 0 bridgehead atoms. The number of rotatable bonds is 10. The molecule has 31 heavy (non-hydrogen) atoms. The van der Waals surface area contributed by atoms with E-state index in [1.54, 1.807) is 24.0 Å². The first-order valence-corrected chi connectivity index (χ1v) is 12.3. The van der Waals surface area contributed by atoms with Gasteiger partial charge in [0.05, 0.1) is 5.75 Å². The average Bonchev–Trinajstić information content (AvgIpc) is 2.74. The van der Waals surface area contributed by atoms with Crippen molar-refractivity contribution in [2.75, 3.05) is 5.75 Å². The van der Waals surface area contributed by atoms with Crippen LogP contribution in [0.15, 0.2) is 42.5 Å². The number of carbonyl (C=O) groups is 2. The minimum atomic E-state index is -0.567. The maximum atomic E-state index is 13.1. The smallest absolute Gasteiger partial charge is 0.242 e. The van der Waals surface area contributed by atoms with Crippen molar-refractivity contribution in [3.8, 4) is 0 Å². The molecule has 7 heteroatoms. The van der Waals surface area contributed by atoms with Crippen molar-refractivity contribution in [3.63, 3.8) is 0 Å². The van der Waals surface area contributed by atoms with E-state index < -0.39 is 6.04 Å². The molecule has 168 valence electrons. The lowest BCUT2D eigenvalue weighted by Gasteiger charge is -2.29. The third-order valence-electron chi connectivity index (χ3n) is 5.14. The summed E-state index contributed by atoms with van der Waals surface area (Å²) in [5.74, 6) is 0.627. The van der Waals surface area contributed by atoms with Crippen molar-refractivity contribution in [2.45, 2.75) is 58.5 Å². The number of carbonyl (C=O) groups excluding carboxylic acids is 2. The molecule has 0 heterocycles. The highest BCUT2D eigenvalue weighted by Gasteiger charge is 2.26. The Morgan fingerprint density at radius 3 is 2.39 bits per heavy atom. The van der Waals surface area contributed by atoms with Crippen molar-refractivity contribution >= 4 is 46.8 Å². The Bertz CT molecular complexity index is 890. The Hall–Kier alpha value is -1.69. The van der Waals surface area contributed by atoms with E-state index in [0.717, 1.165) is 23.1 Å². The molecule has 0 aromatic heterocycles. The first-order valence-electron chi connectivity index (χ1n) is 10.4. The minimum absolute atomic E-state index is 0.0627. The maximum Gasteiger partial charge on any atom is 0.242 e. The van der Waals surface area contributed by atoms with Gasteiger partial charge in [-0.3, -0.25) is 9.59 Å². The van der Waals surface area contributed by atoms with Gasteiger partial charge in [-0.05, 0) is 50.5 Å². The number of hydrogen-bond donors (Lipinski definition) is 1. The molecule has 2 aromatic rings. The second-order valence-corrected chi connectivity index (χ2v) is 9.56. The number of aryl methyl sites for hydroxylation is 1. The number of nitrogens with zero attached hydrogens (tertiary/aromatic N) is 1. The van der Waals surface area contributed by atoms with Crippen LogP contribution in [0, 0.1) is 6.92 Å². The van der Waals surface area contributed by atoms with E-state index in [2.05, 4.69) is 5.32 Å². The molecule has 2 atom stereocenters. The van der Waals surface area contributed by atoms with Crippen molar-refractivity contribution in [1.29, 1.82) is 0 Å². The fourth-order valence-electron chi connectivity index (χ4n) is 2.91. The van der Waals surface area contributed by atoms with E-state index in [1.165, 1.54) is 11.8 Å². The molecule has 0 unspecified atom stereocenters. The lowest BCUT2D eigenvalue weighted by molar-refractivity contribution is -0.138. The third kappa shape index (κ3) is 8.06. The summed E-state index contributed by atoms with van der Waals surface area (Å²) in [4.78, 5) is 27.5. The molecular formula is C24H30Cl2N2O2S. The van der Waals surface area contributed by atoms with Crippen LogP contribution in [0.4, 0.5) is 0 Å². The molecule has 2 rings (SSSR count). The fraction of sp³-hybridized carbons (Fsp3) is 0.417. The molecule has 0 aliphatic heterocycles. The topological polar surface area (TPSA) is 49.4 Å². The molecule has 2 amide bonds. The molecule has 0 saturated carbocycles. The maximum absolute atomic E-state index is 13.1. The van der Waals surface area contributed by atoms with E-state index in [-0.39, 0.29) is 23.6 Å². The van der Waals surface area contributed by atoms with Crippen LogP contribution in [0.3, 0.4) is 0 Å². The van der Waals surface area contributed by atoms with Gasteiger partial charge in [0.15, 0.2) is 0 Å². The van der Waals surface area contributed by atoms with Crippen LogP contribution in [0.2, 0.25) is 10.0 Å². The summed E-state index contributed by atoms with van der Waals surface area (Å²) in [6.45, 7) is 8.17. The highest BCUT2D eigenvalue weighted by molar-refractivity contribution is 7.99. The molecule has 0 spiro atoms. The number of benzene rings is 2. The van der Waals surface area contributed by atoms with E-state index in [4.69, 9.17) is 23.2 Å². The summed E-state index contributed by atoms with van der Waals surface area (Å²) in [7, 11) is 0. The van der Waals surface area contributed by atoms with Crippen LogP contribution < -0.4 is 5.32 Å². The molecule has 0 aliphatic rings. The van der Waals surface area contributed by atoms with Gasteiger partial charge >= 0.3 is 0 Å². The summed E-state index contributed by atoms with van der Waals surface area (Å²) >= 11 is 13.7. The number of hydrogen-bond acceptors (Lipinski definition) is 3. The zero-order valence-corrected chi connectivity index (χ0v) is 20.8. The van der Waals surface area contributed by atoms with Crippen LogP contribution in [0.25, 0.3) is 0 Å². The minimum Gasteiger partial charge on any atom is -0.352 e. The summed E-state index contributed by atoms with van der Waals surface area (Å²) in [5, 5.41) is 4.16. The third-order valence-corrected chi connectivity index (χ3v) is 6.69. The number of halogens is 2. The number of nitrogens with one attached hydrogen (secondary N) is 1.